The van der Waals surface area contributed by atoms with Crippen LogP contribution in [-0.2, 0) is 10.6 Å². The highest BCUT2D eigenvalue weighted by molar-refractivity contribution is 5.77. The Hall–Kier alpha value is -2.53. The fraction of sp³-hybridized carbons (Fsp3) is 0.636. The number of halogens is 11. The Labute approximate surface area is 151 Å². The van der Waals surface area contributed by atoms with Crippen LogP contribution < -0.4 is 0 Å². The number of carbonyl (C=O) groups excluding carboxylic acids is 1. The van der Waals surface area contributed by atoms with Gasteiger partial charge in [0.05, 0.1) is 4.92 Å². The molecule has 0 spiro atoms. The molecule has 0 bridgehead atoms. The van der Waals surface area contributed by atoms with Crippen LogP contribution in [0.4, 0.5) is 54.0 Å². The summed E-state index contributed by atoms with van der Waals surface area (Å²) in [6, 6.07) is 0. The molecular formula is C11H6F11N3O4. The first-order valence-electron chi connectivity index (χ1n) is 6.65. The number of carbonyl (C=O) groups is 1. The number of aromatic nitrogens is 2. The summed E-state index contributed by atoms with van der Waals surface area (Å²) in [4.78, 5) is 20.4. The number of hydrogen-bond donors (Lipinski definition) is 0. The molecule has 0 radical (unpaired) electrons. The number of nitrogens with zero attached hydrogens (tertiary/aromatic N) is 3. The first-order valence-corrected chi connectivity index (χ1v) is 6.65. The summed E-state index contributed by atoms with van der Waals surface area (Å²) in [5.41, 5.74) is -6.09. The number of aryl methyl sites for hydroxylation is 1. The van der Waals surface area contributed by atoms with E-state index in [1.54, 1.807) is 0 Å². The third-order valence-corrected chi connectivity index (χ3v) is 3.17. The maximum atomic E-state index is 14.7. The molecular weight excluding hydrogens is 447 g/mol. The summed E-state index contributed by atoms with van der Waals surface area (Å²) in [6.45, 7) is 0.805. The van der Waals surface area contributed by atoms with Crippen molar-refractivity contribution in [2.24, 2.45) is 0 Å². The summed E-state index contributed by atoms with van der Waals surface area (Å²) in [7, 11) is 0. The van der Waals surface area contributed by atoms with Gasteiger partial charge in [-0.3, -0.25) is 19.6 Å². The Balaban J connectivity index is 3.91. The van der Waals surface area contributed by atoms with Gasteiger partial charge in [-0.15, -0.1) is 0 Å². The van der Waals surface area contributed by atoms with E-state index in [2.05, 4.69) is 9.84 Å². The molecule has 7 nitrogen and oxygen atoms in total. The van der Waals surface area contributed by atoms with Crippen molar-refractivity contribution in [3.8, 4) is 0 Å². The third kappa shape index (κ3) is 3.84. The van der Waals surface area contributed by atoms with E-state index in [1.165, 1.54) is 0 Å². The van der Waals surface area contributed by atoms with Crippen molar-refractivity contribution < 1.29 is 62.7 Å². The van der Waals surface area contributed by atoms with Crippen molar-refractivity contribution in [2.45, 2.75) is 44.1 Å². The van der Waals surface area contributed by atoms with Gasteiger partial charge < -0.3 is 0 Å². The monoisotopic (exact) mass is 453 g/mol. The van der Waals surface area contributed by atoms with Crippen LogP contribution in [0.1, 0.15) is 23.1 Å². The smallest absolute Gasteiger partial charge is 0.273 e. The molecule has 0 fully saturated rings. The molecule has 0 aliphatic heterocycles. The van der Waals surface area contributed by atoms with Gasteiger partial charge in [-0.1, -0.05) is 0 Å². The lowest BCUT2D eigenvalue weighted by Crippen LogP contribution is -2.58. The van der Waals surface area contributed by atoms with Crippen molar-refractivity contribution in [3.05, 3.63) is 21.5 Å². The van der Waals surface area contributed by atoms with Gasteiger partial charge in [0, 0.05) is 6.92 Å². The molecule has 1 aromatic rings. The molecule has 1 heterocycles. The molecule has 29 heavy (non-hydrogen) atoms. The lowest BCUT2D eigenvalue weighted by Gasteiger charge is -2.34. The fourth-order valence-corrected chi connectivity index (χ4v) is 1.90. The normalized spacial score (nSPS) is 15.9. The van der Waals surface area contributed by atoms with Crippen molar-refractivity contribution in [2.75, 3.05) is 0 Å². The van der Waals surface area contributed by atoms with E-state index in [4.69, 9.17) is 0 Å². The minimum absolute atomic E-state index is 0.304. The molecule has 1 atom stereocenters. The zero-order valence-corrected chi connectivity index (χ0v) is 13.6. The molecule has 0 aliphatic carbocycles. The first kappa shape index (κ1) is 24.5. The van der Waals surface area contributed by atoms with E-state index in [1.807, 2.05) is 0 Å². The molecule has 0 N–H and O–H groups in total. The van der Waals surface area contributed by atoms with Crippen LogP contribution in [0, 0.1) is 17.0 Å². The number of alkyl halides is 11. The standard InChI is InChI=1S/C11H6F11N3O4/c1-3-5(25(27)28)6(24(23-3)4(2)26)7(12,9(15,16)17)29-11(21,22)8(13,14)10(18,19)20/h1-2H3. The third-order valence-electron chi connectivity index (χ3n) is 3.17. The fourth-order valence-electron chi connectivity index (χ4n) is 1.90. The van der Waals surface area contributed by atoms with E-state index in [0.29, 0.717) is 13.8 Å². The number of hydrogen-bond acceptors (Lipinski definition) is 5. The summed E-state index contributed by atoms with van der Waals surface area (Å²) in [6.07, 6.45) is -21.4. The molecule has 0 aliphatic rings. The first-order chi connectivity index (χ1) is 12.6. The van der Waals surface area contributed by atoms with E-state index in [9.17, 15) is 63.2 Å². The summed E-state index contributed by atoms with van der Waals surface area (Å²) in [5.74, 6) is -15.5. The predicted molar refractivity (Wildman–Crippen MR) is 65.8 cm³/mol. The van der Waals surface area contributed by atoms with Crippen molar-refractivity contribution in [3.63, 3.8) is 0 Å². The zero-order chi connectivity index (χ0) is 23.4. The lowest BCUT2D eigenvalue weighted by molar-refractivity contribution is -0.490. The molecule has 0 saturated heterocycles. The number of ether oxygens (including phenoxy) is 1. The van der Waals surface area contributed by atoms with Gasteiger partial charge in [-0.2, -0.15) is 58.1 Å². The maximum absolute atomic E-state index is 14.7. The summed E-state index contributed by atoms with van der Waals surface area (Å²) < 4.78 is 145. The second kappa shape index (κ2) is 6.77. The maximum Gasteiger partial charge on any atom is 0.462 e. The van der Waals surface area contributed by atoms with Gasteiger partial charge in [-0.25, -0.2) is 0 Å². The topological polar surface area (TPSA) is 87.3 Å². The van der Waals surface area contributed by atoms with Crippen LogP contribution in [0.2, 0.25) is 0 Å². The van der Waals surface area contributed by atoms with Gasteiger partial charge in [-0.05, 0) is 6.92 Å². The molecule has 1 unspecified atom stereocenters. The Morgan fingerprint density at radius 2 is 1.45 bits per heavy atom. The van der Waals surface area contributed by atoms with Crippen LogP contribution in [0.15, 0.2) is 0 Å². The second-order valence-electron chi connectivity index (χ2n) is 5.25. The molecule has 1 rings (SSSR count). The average molecular weight is 453 g/mol. The van der Waals surface area contributed by atoms with Crippen LogP contribution in [0.25, 0.3) is 0 Å². The molecule has 0 aromatic carbocycles. The Morgan fingerprint density at radius 1 is 1.00 bits per heavy atom. The Morgan fingerprint density at radius 3 is 1.76 bits per heavy atom. The highest BCUT2D eigenvalue weighted by atomic mass is 19.4. The van der Waals surface area contributed by atoms with Crippen LogP contribution in [-0.4, -0.2) is 45.0 Å². The molecule has 0 saturated carbocycles. The minimum Gasteiger partial charge on any atom is -0.273 e. The largest absolute Gasteiger partial charge is 0.462 e. The summed E-state index contributed by atoms with van der Waals surface area (Å²) in [5, 5.41) is 13.7. The minimum atomic E-state index is -7.37. The average Bonchev–Trinajstić information content (AvgIpc) is 2.82. The highest BCUT2D eigenvalue weighted by Gasteiger charge is 2.79. The van der Waals surface area contributed by atoms with Gasteiger partial charge in [0.15, 0.2) is 5.69 Å². The van der Waals surface area contributed by atoms with Gasteiger partial charge in [0.25, 0.3) is 0 Å². The quantitative estimate of drug-likeness (QED) is 0.378. The van der Waals surface area contributed by atoms with Gasteiger partial charge >= 0.3 is 35.9 Å². The van der Waals surface area contributed by atoms with Crippen LogP contribution >= 0.6 is 0 Å². The number of rotatable bonds is 5. The van der Waals surface area contributed by atoms with Gasteiger partial charge in [0.1, 0.15) is 5.69 Å². The molecule has 18 heteroatoms. The molecule has 1 aromatic heterocycles. The molecule has 0 amide bonds. The van der Waals surface area contributed by atoms with E-state index in [0.717, 1.165) is 0 Å². The van der Waals surface area contributed by atoms with Gasteiger partial charge in [0.2, 0.25) is 5.91 Å². The van der Waals surface area contributed by atoms with Crippen LogP contribution in [0.3, 0.4) is 0 Å². The van der Waals surface area contributed by atoms with E-state index >= 15 is 0 Å². The van der Waals surface area contributed by atoms with E-state index < -0.39 is 62.8 Å². The van der Waals surface area contributed by atoms with E-state index in [-0.39, 0.29) is 0 Å². The Kier molecular flexibility index (Phi) is 5.72. The Bertz CT molecular complexity index is 829. The lowest BCUT2D eigenvalue weighted by atomic mass is 10.1. The summed E-state index contributed by atoms with van der Waals surface area (Å²) >= 11 is 0. The van der Waals surface area contributed by atoms with Crippen molar-refractivity contribution in [1.82, 2.24) is 9.78 Å². The predicted octanol–water partition coefficient (Wildman–Crippen LogP) is 4.25. The number of nitro groups is 1. The SMILES string of the molecule is CC(=O)n1nc(C)c([N+](=O)[O-])c1C(F)(OC(F)(F)C(F)(F)C(F)(F)F)C(F)(F)F. The van der Waals surface area contributed by atoms with Crippen LogP contribution in [0.5, 0.6) is 0 Å². The highest BCUT2D eigenvalue weighted by Crippen LogP contribution is 2.55. The van der Waals surface area contributed by atoms with Crippen molar-refractivity contribution >= 4 is 11.6 Å². The van der Waals surface area contributed by atoms with Crippen molar-refractivity contribution in [1.29, 1.82) is 0 Å². The zero-order valence-electron chi connectivity index (χ0n) is 13.6. The second-order valence-corrected chi connectivity index (χ2v) is 5.25. The molecule has 166 valence electrons.